The van der Waals surface area contributed by atoms with Crippen molar-refractivity contribution in [1.82, 2.24) is 14.8 Å². The van der Waals surface area contributed by atoms with Gasteiger partial charge in [0.1, 0.15) is 6.04 Å². The second kappa shape index (κ2) is 7.93. The summed E-state index contributed by atoms with van der Waals surface area (Å²) >= 11 is 0. The van der Waals surface area contributed by atoms with Crippen molar-refractivity contribution in [3.8, 4) is 11.3 Å². The van der Waals surface area contributed by atoms with E-state index in [2.05, 4.69) is 48.3 Å². The van der Waals surface area contributed by atoms with Crippen molar-refractivity contribution in [3.63, 3.8) is 0 Å². The molecule has 1 aliphatic rings. The molecule has 0 fully saturated rings. The number of nitrogens with one attached hydrogen (secondary N) is 1. The lowest BCUT2D eigenvalue weighted by molar-refractivity contribution is -0.133. The van der Waals surface area contributed by atoms with Crippen LogP contribution < -0.4 is 0 Å². The third-order valence-corrected chi connectivity index (χ3v) is 6.57. The van der Waals surface area contributed by atoms with Gasteiger partial charge in [-0.15, -0.1) is 0 Å². The monoisotopic (exact) mass is 437 g/mol. The van der Waals surface area contributed by atoms with E-state index in [4.69, 9.17) is 0 Å². The van der Waals surface area contributed by atoms with Gasteiger partial charge in [-0.2, -0.15) is 0 Å². The molecule has 5 heteroatoms. The normalized spacial score (nSPS) is 16.2. The topological polar surface area (TPSA) is 56.4 Å². The molecular formula is C28H27N3O2. The summed E-state index contributed by atoms with van der Waals surface area (Å²) in [5.41, 5.74) is 6.82. The molecule has 33 heavy (non-hydrogen) atoms. The Hall–Kier alpha value is -3.86. The molecule has 0 aliphatic carbocycles. The van der Waals surface area contributed by atoms with Crippen LogP contribution in [0.15, 0.2) is 72.8 Å². The van der Waals surface area contributed by atoms with E-state index in [1.54, 1.807) is 23.9 Å². The first-order valence-corrected chi connectivity index (χ1v) is 11.2. The van der Waals surface area contributed by atoms with Gasteiger partial charge in [0, 0.05) is 36.1 Å². The minimum absolute atomic E-state index is 0.0992. The molecule has 0 saturated heterocycles. The van der Waals surface area contributed by atoms with Crippen molar-refractivity contribution >= 4 is 22.7 Å². The first kappa shape index (κ1) is 21.0. The molecule has 1 N–H and O–H groups in total. The van der Waals surface area contributed by atoms with Gasteiger partial charge in [-0.25, -0.2) is 0 Å². The highest BCUT2D eigenvalue weighted by molar-refractivity contribution is 6.04. The summed E-state index contributed by atoms with van der Waals surface area (Å²) in [7, 11) is 3.45. The van der Waals surface area contributed by atoms with E-state index >= 15 is 0 Å². The van der Waals surface area contributed by atoms with Crippen molar-refractivity contribution in [1.29, 1.82) is 0 Å². The van der Waals surface area contributed by atoms with Gasteiger partial charge in [0.15, 0.2) is 0 Å². The Morgan fingerprint density at radius 1 is 0.970 bits per heavy atom. The minimum atomic E-state index is -0.607. The van der Waals surface area contributed by atoms with Crippen LogP contribution in [-0.2, 0) is 4.79 Å². The summed E-state index contributed by atoms with van der Waals surface area (Å²) in [6, 6.07) is 23.3. The van der Waals surface area contributed by atoms with Gasteiger partial charge >= 0.3 is 0 Å². The molecular weight excluding hydrogens is 410 g/mol. The van der Waals surface area contributed by atoms with E-state index in [1.807, 2.05) is 43.3 Å². The first-order chi connectivity index (χ1) is 15.9. The number of amides is 2. The number of fused-ring (bicyclic) bond motifs is 2. The van der Waals surface area contributed by atoms with Crippen LogP contribution in [0.1, 0.15) is 40.0 Å². The van der Waals surface area contributed by atoms with Gasteiger partial charge in [0.25, 0.3) is 5.91 Å². The molecule has 2 atom stereocenters. The maximum Gasteiger partial charge on any atom is 0.255 e. The fourth-order valence-corrected chi connectivity index (χ4v) is 4.92. The third kappa shape index (κ3) is 3.32. The second-order valence-corrected chi connectivity index (χ2v) is 8.94. The molecule has 2 heterocycles. The Kier molecular flexibility index (Phi) is 5.05. The van der Waals surface area contributed by atoms with E-state index in [0.29, 0.717) is 5.56 Å². The lowest BCUT2D eigenvalue weighted by atomic mass is 9.92. The standard InChI is InChI=1S/C28H27N3O2/c1-17-13-15-19(16-14-17)25-24(22-11-7-8-12-23(22)29-25)26-20-9-5-6-10-21(20)28(33)31(26)18(2)27(32)30(3)4/h5-16,18,26,29H,1-4H3. The van der Waals surface area contributed by atoms with Crippen molar-refractivity contribution in [2.75, 3.05) is 14.1 Å². The molecule has 3 aromatic carbocycles. The molecule has 1 aromatic heterocycles. The zero-order valence-corrected chi connectivity index (χ0v) is 19.3. The number of H-pyrrole nitrogens is 1. The number of hydrogen-bond donors (Lipinski definition) is 1. The number of hydrogen-bond acceptors (Lipinski definition) is 2. The summed E-state index contributed by atoms with van der Waals surface area (Å²) < 4.78 is 0. The highest BCUT2D eigenvalue weighted by Crippen LogP contribution is 2.46. The Morgan fingerprint density at radius 3 is 2.36 bits per heavy atom. The highest BCUT2D eigenvalue weighted by Gasteiger charge is 2.44. The molecule has 0 spiro atoms. The van der Waals surface area contributed by atoms with Crippen LogP contribution in [0.4, 0.5) is 0 Å². The summed E-state index contributed by atoms with van der Waals surface area (Å²) in [4.78, 5) is 33.6. The zero-order chi connectivity index (χ0) is 23.3. The van der Waals surface area contributed by atoms with Gasteiger partial charge in [0.2, 0.25) is 5.91 Å². The molecule has 5 rings (SSSR count). The van der Waals surface area contributed by atoms with Crippen molar-refractivity contribution in [2.24, 2.45) is 0 Å². The summed E-state index contributed by atoms with van der Waals surface area (Å²) in [6.45, 7) is 3.89. The molecule has 1 aliphatic heterocycles. The van der Waals surface area contributed by atoms with Gasteiger partial charge in [0.05, 0.1) is 11.7 Å². The largest absolute Gasteiger partial charge is 0.354 e. The van der Waals surface area contributed by atoms with Gasteiger partial charge in [-0.05, 0) is 37.1 Å². The smallest absolute Gasteiger partial charge is 0.255 e. The number of aryl methyl sites for hydroxylation is 1. The van der Waals surface area contributed by atoms with Crippen molar-refractivity contribution in [3.05, 3.63) is 95.1 Å². The van der Waals surface area contributed by atoms with E-state index in [9.17, 15) is 9.59 Å². The number of aromatic amines is 1. The molecule has 166 valence electrons. The molecule has 2 amide bonds. The Bertz CT molecular complexity index is 1370. The fraction of sp³-hybridized carbons (Fsp3) is 0.214. The summed E-state index contributed by atoms with van der Waals surface area (Å²) in [5, 5.41) is 1.05. The maximum absolute atomic E-state index is 13.6. The lowest BCUT2D eigenvalue weighted by Crippen LogP contribution is -2.46. The number of rotatable bonds is 4. The Balaban J connectivity index is 1.79. The number of likely N-dealkylation sites (N-methyl/N-ethyl adjacent to an activating group) is 1. The van der Waals surface area contributed by atoms with Crippen LogP contribution in [0.3, 0.4) is 0 Å². The number of benzene rings is 3. The van der Waals surface area contributed by atoms with Crippen LogP contribution >= 0.6 is 0 Å². The summed E-state index contributed by atoms with van der Waals surface area (Å²) in [6.07, 6.45) is 0. The summed E-state index contributed by atoms with van der Waals surface area (Å²) in [5.74, 6) is -0.212. The molecule has 2 unspecified atom stereocenters. The van der Waals surface area contributed by atoms with Crippen LogP contribution in [0, 0.1) is 6.92 Å². The number of aromatic nitrogens is 1. The van der Waals surface area contributed by atoms with Crippen LogP contribution in [-0.4, -0.2) is 46.7 Å². The van der Waals surface area contributed by atoms with Crippen molar-refractivity contribution in [2.45, 2.75) is 25.9 Å². The van der Waals surface area contributed by atoms with Crippen LogP contribution in [0.25, 0.3) is 22.2 Å². The lowest BCUT2D eigenvalue weighted by Gasteiger charge is -2.32. The zero-order valence-electron chi connectivity index (χ0n) is 19.3. The number of carbonyl (C=O) groups is 2. The van der Waals surface area contributed by atoms with E-state index in [-0.39, 0.29) is 17.9 Å². The molecule has 0 saturated carbocycles. The average Bonchev–Trinajstić information content (AvgIpc) is 3.34. The van der Waals surface area contributed by atoms with Gasteiger partial charge < -0.3 is 14.8 Å². The predicted octanol–water partition coefficient (Wildman–Crippen LogP) is 5.17. The van der Waals surface area contributed by atoms with Gasteiger partial charge in [-0.3, -0.25) is 9.59 Å². The van der Waals surface area contributed by atoms with Crippen LogP contribution in [0.2, 0.25) is 0 Å². The van der Waals surface area contributed by atoms with E-state index in [1.165, 1.54) is 5.56 Å². The molecule has 5 nitrogen and oxygen atoms in total. The molecule has 0 radical (unpaired) electrons. The minimum Gasteiger partial charge on any atom is -0.354 e. The predicted molar refractivity (Wildman–Crippen MR) is 131 cm³/mol. The average molecular weight is 438 g/mol. The Labute approximate surface area is 193 Å². The van der Waals surface area contributed by atoms with E-state index < -0.39 is 6.04 Å². The fourth-order valence-electron chi connectivity index (χ4n) is 4.92. The SMILES string of the molecule is Cc1ccc(-c2[nH]c3ccccc3c2C2c3ccccc3C(=O)N2C(C)C(=O)N(C)C)cc1. The highest BCUT2D eigenvalue weighted by atomic mass is 16.2. The molecule has 0 bridgehead atoms. The number of nitrogens with zero attached hydrogens (tertiary/aromatic N) is 2. The quantitative estimate of drug-likeness (QED) is 0.479. The molecule has 4 aromatic rings. The van der Waals surface area contributed by atoms with Gasteiger partial charge in [-0.1, -0.05) is 66.2 Å². The van der Waals surface area contributed by atoms with Crippen LogP contribution in [0.5, 0.6) is 0 Å². The second-order valence-electron chi connectivity index (χ2n) is 8.94. The van der Waals surface area contributed by atoms with E-state index in [0.717, 1.165) is 33.3 Å². The third-order valence-electron chi connectivity index (χ3n) is 6.57. The number of carbonyl (C=O) groups excluding carboxylic acids is 2. The van der Waals surface area contributed by atoms with Crippen molar-refractivity contribution < 1.29 is 9.59 Å². The maximum atomic E-state index is 13.6. The first-order valence-electron chi connectivity index (χ1n) is 11.2. The Morgan fingerprint density at radius 2 is 1.64 bits per heavy atom. The number of para-hydroxylation sites is 1.